The standard InChI is InChI=1S/C22H17ClN4O3/c1-14(28)27-22(19-4-2-3-13-24-19)30-21(26-27)16-7-11-18(12-8-16)25-20(29)15-5-9-17(23)10-6-15/h2-13,22H,1H3,(H,25,29)/t22-/m0/s1. The summed E-state index contributed by atoms with van der Waals surface area (Å²) in [6.45, 7) is 1.42. The summed E-state index contributed by atoms with van der Waals surface area (Å²) in [4.78, 5) is 28.6. The van der Waals surface area contributed by atoms with Crippen LogP contribution in [0, 0.1) is 0 Å². The van der Waals surface area contributed by atoms with E-state index in [1.54, 1.807) is 66.9 Å². The number of hydrazone groups is 1. The van der Waals surface area contributed by atoms with Crippen LogP contribution in [0.4, 0.5) is 5.69 Å². The van der Waals surface area contributed by atoms with Gasteiger partial charge in [0.25, 0.3) is 5.91 Å². The summed E-state index contributed by atoms with van der Waals surface area (Å²) in [6, 6.07) is 19.0. The second-order valence-corrected chi connectivity index (χ2v) is 6.97. The van der Waals surface area contributed by atoms with Crippen LogP contribution in [-0.4, -0.2) is 27.7 Å². The van der Waals surface area contributed by atoms with E-state index in [1.807, 2.05) is 6.07 Å². The third-order valence-corrected chi connectivity index (χ3v) is 4.66. The largest absolute Gasteiger partial charge is 0.444 e. The van der Waals surface area contributed by atoms with E-state index in [1.165, 1.54) is 11.9 Å². The van der Waals surface area contributed by atoms with Crippen molar-refractivity contribution in [3.05, 3.63) is 94.8 Å². The highest BCUT2D eigenvalue weighted by Crippen LogP contribution is 2.29. The molecule has 2 amide bonds. The van der Waals surface area contributed by atoms with Crippen molar-refractivity contribution in [2.45, 2.75) is 13.2 Å². The molecule has 4 rings (SSSR count). The molecule has 0 saturated carbocycles. The number of ether oxygens (including phenoxy) is 1. The van der Waals surface area contributed by atoms with E-state index in [9.17, 15) is 9.59 Å². The minimum absolute atomic E-state index is 0.244. The molecule has 2 heterocycles. The van der Waals surface area contributed by atoms with Crippen LogP contribution in [0.2, 0.25) is 5.02 Å². The van der Waals surface area contributed by atoms with Crippen molar-refractivity contribution in [1.82, 2.24) is 9.99 Å². The molecule has 0 saturated heterocycles. The summed E-state index contributed by atoms with van der Waals surface area (Å²) in [6.07, 6.45) is 0.913. The van der Waals surface area contributed by atoms with Crippen molar-refractivity contribution in [2.75, 3.05) is 5.32 Å². The van der Waals surface area contributed by atoms with E-state index in [-0.39, 0.29) is 11.8 Å². The first-order valence-corrected chi connectivity index (χ1v) is 9.52. The van der Waals surface area contributed by atoms with Crippen LogP contribution in [0.1, 0.15) is 34.8 Å². The zero-order valence-corrected chi connectivity index (χ0v) is 16.7. The lowest BCUT2D eigenvalue weighted by Crippen LogP contribution is -2.25. The average Bonchev–Trinajstić information content (AvgIpc) is 3.21. The number of carbonyl (C=O) groups excluding carboxylic acids is 2. The maximum Gasteiger partial charge on any atom is 0.255 e. The van der Waals surface area contributed by atoms with Crippen molar-refractivity contribution in [1.29, 1.82) is 0 Å². The molecule has 2 aromatic carbocycles. The number of anilines is 1. The molecule has 1 aliphatic heterocycles. The van der Waals surface area contributed by atoms with Gasteiger partial charge >= 0.3 is 0 Å². The molecule has 7 nitrogen and oxygen atoms in total. The number of carbonyl (C=O) groups is 2. The minimum atomic E-state index is -0.719. The number of nitrogens with one attached hydrogen (secondary N) is 1. The predicted octanol–water partition coefficient (Wildman–Crippen LogP) is 4.23. The number of hydrogen-bond donors (Lipinski definition) is 1. The number of amides is 2. The van der Waals surface area contributed by atoms with Crippen LogP contribution in [0.5, 0.6) is 0 Å². The Balaban J connectivity index is 1.49. The third kappa shape index (κ3) is 4.16. The lowest BCUT2D eigenvalue weighted by atomic mass is 10.2. The zero-order chi connectivity index (χ0) is 21.1. The van der Waals surface area contributed by atoms with Gasteiger partial charge in [-0.05, 0) is 60.7 Å². The van der Waals surface area contributed by atoms with Crippen LogP contribution < -0.4 is 5.32 Å². The Morgan fingerprint density at radius 1 is 1.03 bits per heavy atom. The van der Waals surface area contributed by atoms with Gasteiger partial charge in [-0.15, -0.1) is 5.10 Å². The fourth-order valence-electron chi connectivity index (χ4n) is 2.90. The van der Waals surface area contributed by atoms with E-state index in [2.05, 4.69) is 15.4 Å². The molecule has 30 heavy (non-hydrogen) atoms. The van der Waals surface area contributed by atoms with Crippen LogP contribution >= 0.6 is 11.6 Å². The number of hydrogen-bond acceptors (Lipinski definition) is 5. The summed E-state index contributed by atoms with van der Waals surface area (Å²) in [7, 11) is 0. The van der Waals surface area contributed by atoms with Crippen LogP contribution in [0.25, 0.3) is 0 Å². The van der Waals surface area contributed by atoms with Gasteiger partial charge in [0.05, 0.1) is 0 Å². The van der Waals surface area contributed by atoms with E-state index >= 15 is 0 Å². The van der Waals surface area contributed by atoms with Gasteiger partial charge in [0.1, 0.15) is 5.69 Å². The first-order valence-electron chi connectivity index (χ1n) is 9.14. The van der Waals surface area contributed by atoms with E-state index in [4.69, 9.17) is 16.3 Å². The minimum Gasteiger partial charge on any atom is -0.444 e. The Labute approximate surface area is 177 Å². The molecule has 0 fully saturated rings. The zero-order valence-electron chi connectivity index (χ0n) is 15.9. The van der Waals surface area contributed by atoms with Crippen molar-refractivity contribution >= 4 is 35.0 Å². The third-order valence-electron chi connectivity index (χ3n) is 4.40. The summed E-state index contributed by atoms with van der Waals surface area (Å²) in [5.74, 6) is -0.198. The van der Waals surface area contributed by atoms with Gasteiger partial charge in [-0.25, -0.2) is 0 Å². The van der Waals surface area contributed by atoms with Crippen LogP contribution in [0.3, 0.4) is 0 Å². The fraction of sp³-hybridized carbons (Fsp3) is 0.0909. The SMILES string of the molecule is CC(=O)N1N=C(c2ccc(NC(=O)c3ccc(Cl)cc3)cc2)O[C@H]1c1ccccn1. The molecule has 0 unspecified atom stereocenters. The number of rotatable bonds is 4. The molecular formula is C22H17ClN4O3. The average molecular weight is 421 g/mol. The Bertz CT molecular complexity index is 1100. The number of benzene rings is 2. The van der Waals surface area contributed by atoms with E-state index < -0.39 is 6.23 Å². The second-order valence-electron chi connectivity index (χ2n) is 6.53. The van der Waals surface area contributed by atoms with Crippen molar-refractivity contribution in [2.24, 2.45) is 5.10 Å². The summed E-state index contributed by atoms with van der Waals surface area (Å²) >= 11 is 5.85. The van der Waals surface area contributed by atoms with Gasteiger partial charge in [0, 0.05) is 35.0 Å². The second kappa shape index (κ2) is 8.34. The molecule has 3 aromatic rings. The Morgan fingerprint density at radius 2 is 1.77 bits per heavy atom. The lowest BCUT2D eigenvalue weighted by molar-refractivity contribution is -0.135. The first kappa shape index (κ1) is 19.6. The monoisotopic (exact) mass is 420 g/mol. The summed E-state index contributed by atoms with van der Waals surface area (Å²) in [5, 5.41) is 8.94. The van der Waals surface area contributed by atoms with Crippen molar-refractivity contribution < 1.29 is 14.3 Å². The maximum atomic E-state index is 12.3. The van der Waals surface area contributed by atoms with Crippen molar-refractivity contribution in [3.8, 4) is 0 Å². The molecule has 1 atom stereocenters. The predicted molar refractivity (Wildman–Crippen MR) is 113 cm³/mol. The quantitative estimate of drug-likeness (QED) is 0.684. The molecule has 0 aliphatic carbocycles. The van der Waals surface area contributed by atoms with Gasteiger partial charge in [-0.2, -0.15) is 5.01 Å². The molecular weight excluding hydrogens is 404 g/mol. The molecule has 0 spiro atoms. The summed E-state index contributed by atoms with van der Waals surface area (Å²) < 4.78 is 5.90. The number of pyridine rings is 1. The topological polar surface area (TPSA) is 83.9 Å². The van der Waals surface area contributed by atoms with Gasteiger partial charge in [0.2, 0.25) is 18.0 Å². The Hall–Kier alpha value is -3.71. The normalized spacial score (nSPS) is 15.3. The molecule has 1 aromatic heterocycles. The molecule has 1 N–H and O–H groups in total. The molecule has 0 bridgehead atoms. The smallest absolute Gasteiger partial charge is 0.255 e. The fourth-order valence-corrected chi connectivity index (χ4v) is 3.03. The van der Waals surface area contributed by atoms with Gasteiger partial charge in [-0.1, -0.05) is 17.7 Å². The number of aromatic nitrogens is 1. The number of nitrogens with zero attached hydrogens (tertiary/aromatic N) is 3. The van der Waals surface area contributed by atoms with Gasteiger partial charge in [-0.3, -0.25) is 14.6 Å². The van der Waals surface area contributed by atoms with E-state index in [0.29, 0.717) is 33.4 Å². The molecule has 1 aliphatic rings. The maximum absolute atomic E-state index is 12.3. The molecule has 8 heteroatoms. The van der Waals surface area contributed by atoms with Gasteiger partial charge in [0.15, 0.2) is 0 Å². The highest BCUT2D eigenvalue weighted by molar-refractivity contribution is 6.30. The number of halogens is 1. The Morgan fingerprint density at radius 3 is 2.40 bits per heavy atom. The highest BCUT2D eigenvalue weighted by atomic mass is 35.5. The first-order chi connectivity index (χ1) is 14.5. The molecule has 0 radical (unpaired) electrons. The van der Waals surface area contributed by atoms with Gasteiger partial charge < -0.3 is 10.1 Å². The Kier molecular flexibility index (Phi) is 5.45. The molecule has 150 valence electrons. The van der Waals surface area contributed by atoms with Crippen LogP contribution in [0.15, 0.2) is 78.0 Å². The van der Waals surface area contributed by atoms with Crippen molar-refractivity contribution in [3.63, 3.8) is 0 Å². The highest BCUT2D eigenvalue weighted by Gasteiger charge is 2.33. The van der Waals surface area contributed by atoms with Crippen LogP contribution in [-0.2, 0) is 9.53 Å². The van der Waals surface area contributed by atoms with E-state index in [0.717, 1.165) is 0 Å². The lowest BCUT2D eigenvalue weighted by Gasteiger charge is -2.18. The summed E-state index contributed by atoms with van der Waals surface area (Å²) in [5.41, 5.74) is 2.37.